The van der Waals surface area contributed by atoms with Gasteiger partial charge in [0.15, 0.2) is 5.43 Å². The van der Waals surface area contributed by atoms with Crippen LogP contribution in [0.15, 0.2) is 47.3 Å². The van der Waals surface area contributed by atoms with Gasteiger partial charge in [-0.05, 0) is 35.9 Å². The second-order valence-corrected chi connectivity index (χ2v) is 6.41. The quantitative estimate of drug-likeness (QED) is 0.797. The summed E-state index contributed by atoms with van der Waals surface area (Å²) in [5, 5.41) is 0.421. The second-order valence-electron chi connectivity index (χ2n) is 6.41. The van der Waals surface area contributed by atoms with E-state index >= 15 is 0 Å². The van der Waals surface area contributed by atoms with Crippen LogP contribution in [-0.2, 0) is 19.5 Å². The fourth-order valence-corrected chi connectivity index (χ4v) is 3.43. The van der Waals surface area contributed by atoms with Crippen molar-refractivity contribution in [3.8, 4) is 5.75 Å². The van der Waals surface area contributed by atoms with Gasteiger partial charge in [0, 0.05) is 48.2 Å². The fraction of sp³-hybridized carbons (Fsp3) is 0.250. The van der Waals surface area contributed by atoms with Crippen LogP contribution in [0.25, 0.3) is 10.9 Å². The van der Waals surface area contributed by atoms with Gasteiger partial charge in [0.1, 0.15) is 11.6 Å². The van der Waals surface area contributed by atoms with Gasteiger partial charge in [0.2, 0.25) is 0 Å². The summed E-state index contributed by atoms with van der Waals surface area (Å²) in [5.41, 5.74) is 3.52. The number of hydrogen-bond acceptors (Lipinski definition) is 3. The number of aromatic nitrogens is 1. The number of benzene rings is 2. The number of methoxy groups -OCH3 is 1. The third kappa shape index (κ3) is 3.03. The zero-order valence-electron chi connectivity index (χ0n) is 14.0. The first-order chi connectivity index (χ1) is 12.1. The van der Waals surface area contributed by atoms with E-state index in [-0.39, 0.29) is 11.2 Å². The minimum Gasteiger partial charge on any atom is -0.497 e. The maximum absolute atomic E-state index is 13.5. The van der Waals surface area contributed by atoms with Gasteiger partial charge >= 0.3 is 0 Å². The molecule has 1 aliphatic heterocycles. The summed E-state index contributed by atoms with van der Waals surface area (Å²) in [6, 6.07) is 12.3. The molecule has 0 atom stereocenters. The summed E-state index contributed by atoms with van der Waals surface area (Å²) < 4.78 is 18.7. The summed E-state index contributed by atoms with van der Waals surface area (Å²) in [7, 11) is 1.65. The molecule has 1 aromatic heterocycles. The Labute approximate surface area is 144 Å². The molecule has 0 radical (unpaired) electrons. The molecule has 0 bridgehead atoms. The molecular formula is C20H19FN2O2. The zero-order valence-corrected chi connectivity index (χ0v) is 14.0. The van der Waals surface area contributed by atoms with Gasteiger partial charge in [-0.3, -0.25) is 9.69 Å². The SMILES string of the molecule is COc1ccc(CN2CCc3[nH]c4ccc(F)cc4c(=O)c3C2)cc1. The third-order valence-electron chi connectivity index (χ3n) is 4.78. The maximum Gasteiger partial charge on any atom is 0.194 e. The summed E-state index contributed by atoms with van der Waals surface area (Å²) in [5.74, 6) is 0.446. The molecule has 4 rings (SSSR count). The van der Waals surface area contributed by atoms with Gasteiger partial charge in [0.25, 0.3) is 0 Å². The number of ether oxygens (including phenoxy) is 1. The Morgan fingerprint density at radius 3 is 2.76 bits per heavy atom. The molecule has 0 spiro atoms. The van der Waals surface area contributed by atoms with Crippen LogP contribution in [0.3, 0.4) is 0 Å². The van der Waals surface area contributed by atoms with Crippen LogP contribution in [0.5, 0.6) is 5.75 Å². The predicted molar refractivity (Wildman–Crippen MR) is 95.3 cm³/mol. The summed E-state index contributed by atoms with van der Waals surface area (Å²) in [6.45, 7) is 2.22. The Hall–Kier alpha value is -2.66. The van der Waals surface area contributed by atoms with Gasteiger partial charge in [-0.25, -0.2) is 4.39 Å². The molecule has 0 saturated carbocycles. The number of H-pyrrole nitrogens is 1. The largest absolute Gasteiger partial charge is 0.497 e. The van der Waals surface area contributed by atoms with E-state index in [0.29, 0.717) is 17.4 Å². The van der Waals surface area contributed by atoms with Crippen LogP contribution in [0.2, 0.25) is 0 Å². The van der Waals surface area contributed by atoms with Crippen LogP contribution in [0.4, 0.5) is 4.39 Å². The number of nitrogens with zero attached hydrogens (tertiary/aromatic N) is 1. The molecule has 1 N–H and O–H groups in total. The highest BCUT2D eigenvalue weighted by Crippen LogP contribution is 2.21. The Morgan fingerprint density at radius 1 is 1.20 bits per heavy atom. The number of pyridine rings is 1. The van der Waals surface area contributed by atoms with E-state index in [0.717, 1.165) is 36.5 Å². The summed E-state index contributed by atoms with van der Waals surface area (Å²) in [6.07, 6.45) is 0.786. The number of aromatic amines is 1. The lowest BCUT2D eigenvalue weighted by molar-refractivity contribution is 0.243. The molecule has 0 fully saturated rings. The monoisotopic (exact) mass is 338 g/mol. The zero-order chi connectivity index (χ0) is 17.4. The molecule has 2 heterocycles. The van der Waals surface area contributed by atoms with Crippen LogP contribution < -0.4 is 10.2 Å². The van der Waals surface area contributed by atoms with E-state index < -0.39 is 0 Å². The number of nitrogens with one attached hydrogen (secondary N) is 1. The lowest BCUT2D eigenvalue weighted by Crippen LogP contribution is -2.34. The standard InChI is InChI=1S/C20H19FN2O2/c1-25-15-5-2-13(3-6-15)11-23-9-8-19-17(12-23)20(24)16-10-14(21)4-7-18(16)22-19/h2-7,10H,8-9,11-12H2,1H3,(H,22,24). The molecular weight excluding hydrogens is 319 g/mol. The van der Waals surface area contributed by atoms with Gasteiger partial charge < -0.3 is 9.72 Å². The highest BCUT2D eigenvalue weighted by molar-refractivity contribution is 5.79. The van der Waals surface area contributed by atoms with Crippen molar-refractivity contribution in [1.29, 1.82) is 0 Å². The van der Waals surface area contributed by atoms with Crippen molar-refractivity contribution in [2.24, 2.45) is 0 Å². The molecule has 2 aromatic carbocycles. The summed E-state index contributed by atoms with van der Waals surface area (Å²) >= 11 is 0. The van der Waals surface area contributed by atoms with E-state index in [2.05, 4.69) is 9.88 Å². The van der Waals surface area contributed by atoms with Crippen LogP contribution in [-0.4, -0.2) is 23.5 Å². The van der Waals surface area contributed by atoms with Crippen LogP contribution >= 0.6 is 0 Å². The first kappa shape index (κ1) is 15.8. The lowest BCUT2D eigenvalue weighted by atomic mass is 10.0. The molecule has 1 aliphatic rings. The van der Waals surface area contributed by atoms with Crippen molar-refractivity contribution in [2.75, 3.05) is 13.7 Å². The molecule has 128 valence electrons. The average molecular weight is 338 g/mol. The minimum absolute atomic E-state index is 0.0670. The minimum atomic E-state index is -0.385. The van der Waals surface area contributed by atoms with Crippen LogP contribution in [0, 0.1) is 5.82 Å². The Kier molecular flexibility index (Phi) is 4.01. The molecule has 0 amide bonds. The molecule has 4 nitrogen and oxygen atoms in total. The predicted octanol–water partition coefficient (Wildman–Crippen LogP) is 3.23. The molecule has 0 aliphatic carbocycles. The van der Waals surface area contributed by atoms with Crippen molar-refractivity contribution in [1.82, 2.24) is 9.88 Å². The fourth-order valence-electron chi connectivity index (χ4n) is 3.43. The van der Waals surface area contributed by atoms with E-state index in [1.165, 1.54) is 17.7 Å². The van der Waals surface area contributed by atoms with Crippen molar-refractivity contribution in [2.45, 2.75) is 19.5 Å². The number of halogens is 1. The topological polar surface area (TPSA) is 45.3 Å². The number of rotatable bonds is 3. The van der Waals surface area contributed by atoms with Gasteiger partial charge in [0.05, 0.1) is 7.11 Å². The molecule has 3 aromatic rings. The molecule has 0 saturated heterocycles. The van der Waals surface area contributed by atoms with Crippen molar-refractivity contribution < 1.29 is 9.13 Å². The first-order valence-electron chi connectivity index (χ1n) is 8.32. The van der Waals surface area contributed by atoms with Crippen molar-refractivity contribution in [3.63, 3.8) is 0 Å². The van der Waals surface area contributed by atoms with Crippen molar-refractivity contribution in [3.05, 3.63) is 75.3 Å². The number of fused-ring (bicyclic) bond motifs is 2. The maximum atomic E-state index is 13.5. The Bertz CT molecular complexity index is 979. The second kappa shape index (κ2) is 6.33. The molecule has 0 unspecified atom stereocenters. The Morgan fingerprint density at radius 2 is 2.00 bits per heavy atom. The van der Waals surface area contributed by atoms with E-state index in [9.17, 15) is 9.18 Å². The van der Waals surface area contributed by atoms with E-state index in [1.54, 1.807) is 13.2 Å². The highest BCUT2D eigenvalue weighted by Gasteiger charge is 2.21. The first-order valence-corrected chi connectivity index (χ1v) is 8.32. The normalized spacial score (nSPS) is 14.5. The third-order valence-corrected chi connectivity index (χ3v) is 4.78. The van der Waals surface area contributed by atoms with E-state index in [4.69, 9.17) is 4.74 Å². The van der Waals surface area contributed by atoms with Crippen LogP contribution in [0.1, 0.15) is 16.8 Å². The smallest absolute Gasteiger partial charge is 0.194 e. The Balaban J connectivity index is 1.62. The van der Waals surface area contributed by atoms with Gasteiger partial charge in [-0.1, -0.05) is 12.1 Å². The lowest BCUT2D eigenvalue weighted by Gasteiger charge is -2.28. The summed E-state index contributed by atoms with van der Waals surface area (Å²) in [4.78, 5) is 18.3. The number of hydrogen-bond donors (Lipinski definition) is 1. The average Bonchev–Trinajstić information content (AvgIpc) is 2.64. The molecule has 25 heavy (non-hydrogen) atoms. The highest BCUT2D eigenvalue weighted by atomic mass is 19.1. The van der Waals surface area contributed by atoms with Gasteiger partial charge in [-0.15, -0.1) is 0 Å². The van der Waals surface area contributed by atoms with Gasteiger partial charge in [-0.2, -0.15) is 0 Å². The molecule has 5 heteroatoms. The van der Waals surface area contributed by atoms with E-state index in [1.807, 2.05) is 24.3 Å². The van der Waals surface area contributed by atoms with Crippen molar-refractivity contribution >= 4 is 10.9 Å².